The predicted molar refractivity (Wildman–Crippen MR) is 459 cm³/mol. The molecule has 2 aliphatic rings. The van der Waals surface area contributed by atoms with E-state index in [1.807, 2.05) is 19.1 Å². The zero-order chi connectivity index (χ0) is 85.7. The van der Waals surface area contributed by atoms with Gasteiger partial charge in [-0.25, -0.2) is 19.2 Å². The quantitative estimate of drug-likeness (QED) is 0.00981. The number of nitrogens with zero attached hydrogens (tertiary/aromatic N) is 4. The smallest absolute Gasteiger partial charge is 0.333 e. The molecule has 0 aromatic heterocycles. The van der Waals surface area contributed by atoms with Crippen LogP contribution in [0, 0.1) is 11.8 Å². The molecule has 0 saturated carbocycles. The van der Waals surface area contributed by atoms with Crippen LogP contribution in [-0.4, -0.2) is 120 Å². The van der Waals surface area contributed by atoms with Gasteiger partial charge < -0.3 is 52.8 Å². The van der Waals surface area contributed by atoms with Crippen LogP contribution in [0.1, 0.15) is 134 Å². The highest BCUT2D eigenvalue weighted by atomic mass is 16.5. The number of rotatable bonds is 34. The Kier molecular flexibility index (Phi) is 25.3. The molecular weight excluding hydrogens is 1520 g/mol. The Balaban J connectivity index is 1.15. The number of likely N-dealkylation sites (N-methyl/N-ethyl adjacent to an activating group) is 2. The van der Waals surface area contributed by atoms with E-state index in [0.717, 1.165) is 27.2 Å². The molecule has 11 aromatic carbocycles. The fourth-order valence-corrected chi connectivity index (χ4v) is 15.3. The molecular formula is C98H94N4O18. The molecule has 2 heterocycles. The summed E-state index contributed by atoms with van der Waals surface area (Å²) in [4.78, 5) is 137. The lowest BCUT2D eigenvalue weighted by Gasteiger charge is -2.42. The average Bonchev–Trinajstić information content (AvgIpc) is 0.669. The van der Waals surface area contributed by atoms with E-state index in [9.17, 15) is 24.3 Å². The fraction of sp³-hybridized carbons (Fsp3) is 0.255. The van der Waals surface area contributed by atoms with Crippen molar-refractivity contribution in [2.75, 3.05) is 49.3 Å². The first-order valence-electron chi connectivity index (χ1n) is 39.9. The zero-order valence-corrected chi connectivity index (χ0v) is 68.8. The maximum atomic E-state index is 16.8. The first-order chi connectivity index (χ1) is 57.6. The van der Waals surface area contributed by atoms with Gasteiger partial charge in [-0.2, -0.15) is 0 Å². The minimum absolute atomic E-state index is 0.0118. The van der Waals surface area contributed by atoms with Gasteiger partial charge in [-0.15, -0.1) is 0 Å². The summed E-state index contributed by atoms with van der Waals surface area (Å²) < 4.78 is 51.4. The van der Waals surface area contributed by atoms with Crippen LogP contribution in [0.4, 0.5) is 11.4 Å². The van der Waals surface area contributed by atoms with Crippen LogP contribution in [0.25, 0.3) is 43.1 Å². The second kappa shape index (κ2) is 36.0. The highest BCUT2D eigenvalue weighted by molar-refractivity contribution is 6.43. The molecule has 22 heteroatoms. The Morgan fingerprint density at radius 2 is 0.658 bits per heavy atom. The van der Waals surface area contributed by atoms with Crippen molar-refractivity contribution in [1.29, 1.82) is 0 Å². The molecule has 0 saturated heterocycles. The van der Waals surface area contributed by atoms with Gasteiger partial charge >= 0.3 is 23.9 Å². The number of carbonyl (C=O) groups is 9. The van der Waals surface area contributed by atoms with Crippen molar-refractivity contribution < 1.29 is 86.2 Å². The van der Waals surface area contributed by atoms with Gasteiger partial charge in [0.05, 0.1) is 43.1 Å². The Morgan fingerprint density at radius 1 is 0.375 bits per heavy atom. The van der Waals surface area contributed by atoms with Gasteiger partial charge in [0, 0.05) is 121 Å². The lowest BCUT2D eigenvalue weighted by atomic mass is 9.79. The molecule has 11 aromatic rings. The molecule has 13 rings (SSSR count). The number of para-hydroxylation sites is 2. The second-order valence-corrected chi connectivity index (χ2v) is 30.7. The number of hydrogen-bond donors (Lipinski definition) is 1. The van der Waals surface area contributed by atoms with Crippen molar-refractivity contribution in [3.05, 3.63) is 275 Å². The molecule has 0 bridgehead atoms. The van der Waals surface area contributed by atoms with Crippen LogP contribution in [0.15, 0.2) is 231 Å². The molecule has 120 heavy (non-hydrogen) atoms. The number of imide groups is 1. The van der Waals surface area contributed by atoms with Gasteiger partial charge in [0.15, 0.2) is 6.23 Å². The largest absolute Gasteiger partial charge is 0.462 e. The summed E-state index contributed by atoms with van der Waals surface area (Å²) in [6.07, 6.45) is -0.702. The van der Waals surface area contributed by atoms with E-state index in [-0.39, 0.29) is 173 Å². The molecule has 614 valence electrons. The summed E-state index contributed by atoms with van der Waals surface area (Å²) in [6, 6.07) is 49.4. The normalized spacial score (nSPS) is 13.5. The number of ether oxygens (including phenoxy) is 8. The highest BCUT2D eigenvalue weighted by Crippen LogP contribution is 2.59. The van der Waals surface area contributed by atoms with Crippen molar-refractivity contribution in [3.8, 4) is 46.0 Å². The number of esters is 4. The topological polar surface area (TPSA) is 261 Å². The number of carbonyl (C=O) groups excluding carboxylic acids is 9. The van der Waals surface area contributed by atoms with Crippen molar-refractivity contribution in [1.82, 2.24) is 9.80 Å². The van der Waals surface area contributed by atoms with Gasteiger partial charge in [-0.05, 0) is 173 Å². The first-order valence-corrected chi connectivity index (χ1v) is 39.9. The summed E-state index contributed by atoms with van der Waals surface area (Å²) in [7, 11) is 0. The SMILES string of the molecule is C=C(C)C(=O)OCCc1ccc(Oc2cc3c4c(cc(Oc5ccc(CCOC(=O)C(=C)C)cc5)c5c6c(Oc7ccc(CCOC(=O)C(=C)C)cc7)cc7c8c(cc(Oc9ccc(CCOC(=O)C(=C)C)cc9)c(c2c45)c86)C(=O)N(C(C(=O)N(CC)c2ccccc2)C(C)C)C7O)C(=O)N(C(C(=O)N(CC)c2ccccc2)C(C)C)C3=O)cc1. The zero-order valence-electron chi connectivity index (χ0n) is 68.8. The van der Waals surface area contributed by atoms with E-state index in [1.165, 1.54) is 21.9 Å². The van der Waals surface area contributed by atoms with Gasteiger partial charge in [-0.3, -0.25) is 33.8 Å². The van der Waals surface area contributed by atoms with Crippen molar-refractivity contribution >= 4 is 108 Å². The Labute approximate surface area is 695 Å². The maximum Gasteiger partial charge on any atom is 0.333 e. The molecule has 2 aliphatic heterocycles. The molecule has 5 amide bonds. The van der Waals surface area contributed by atoms with Crippen LogP contribution in [0.3, 0.4) is 0 Å². The minimum atomic E-state index is -1.91. The molecule has 22 nitrogen and oxygen atoms in total. The van der Waals surface area contributed by atoms with E-state index in [4.69, 9.17) is 37.9 Å². The lowest BCUT2D eigenvalue weighted by Crippen LogP contribution is -2.57. The van der Waals surface area contributed by atoms with Crippen LogP contribution in [0.2, 0.25) is 0 Å². The third-order valence-electron chi connectivity index (χ3n) is 21.2. The summed E-state index contributed by atoms with van der Waals surface area (Å²) in [6.45, 7) is 32.3. The Morgan fingerprint density at radius 3 is 0.950 bits per heavy atom. The predicted octanol–water partition coefficient (Wildman–Crippen LogP) is 18.8. The Bertz CT molecular complexity index is 5750. The number of anilines is 2. The highest BCUT2D eigenvalue weighted by Gasteiger charge is 2.48. The van der Waals surface area contributed by atoms with Gasteiger partial charge in [0.25, 0.3) is 23.6 Å². The summed E-state index contributed by atoms with van der Waals surface area (Å²) in [5, 5.41) is 15.2. The molecule has 0 spiro atoms. The number of hydrogen-bond acceptors (Lipinski definition) is 18. The monoisotopic (exact) mass is 1610 g/mol. The van der Waals surface area contributed by atoms with Crippen molar-refractivity contribution in [2.45, 2.75) is 113 Å². The van der Waals surface area contributed by atoms with Crippen molar-refractivity contribution in [2.24, 2.45) is 11.8 Å². The van der Waals surface area contributed by atoms with E-state index in [0.29, 0.717) is 37.1 Å². The number of fused-ring (bicyclic) bond motifs is 2. The fourth-order valence-electron chi connectivity index (χ4n) is 15.3. The summed E-state index contributed by atoms with van der Waals surface area (Å²) in [5.41, 5.74) is 4.97. The van der Waals surface area contributed by atoms with Gasteiger partial charge in [0.1, 0.15) is 58.1 Å². The molecule has 3 unspecified atom stereocenters. The van der Waals surface area contributed by atoms with E-state index >= 15 is 24.0 Å². The first kappa shape index (κ1) is 84.2. The number of amides is 5. The molecule has 0 aliphatic carbocycles. The maximum absolute atomic E-state index is 16.8. The minimum Gasteiger partial charge on any atom is -0.462 e. The van der Waals surface area contributed by atoms with E-state index in [1.54, 1.807) is 225 Å². The molecule has 0 fully saturated rings. The van der Waals surface area contributed by atoms with E-state index < -0.39 is 83.6 Å². The standard InChI is InChI=1S/C98H94N4O18/c1-15-99(65-23-19-17-20-24-65)93(107)87(55(3)4)101-89(103)71-51-75(117-67-35-27-61(28-36-67)43-47-113-95(109)57(7)8)81-83-77(119-69-39-31-63(32-40-69)45-49-115-97(111)59(11)12)53-73-80-74(92(106)102(91(73)105)88(56(5)6)94(108)100(16-2)66-25-21-18-22-26-66)54-78(120-70-41-33-64(34-42-70)46-50-116-98(112)60(13)14)84(86(80)83)82-76(52-72(90(101)104)79(71)85(81)82)118-68-37-29-62(30-38-68)44-48-114-96(110)58(9)10/h17-42,51-56,87-89,103H,7,9,11,13,15-16,43-50H2,1-6,8,10,12,14H3. The number of aliphatic hydroxyl groups is 1. The van der Waals surface area contributed by atoms with Gasteiger partial charge in [-0.1, -0.05) is 139 Å². The molecule has 1 N–H and O–H groups in total. The average molecular weight is 1620 g/mol. The summed E-state index contributed by atoms with van der Waals surface area (Å²) >= 11 is 0. The molecule has 0 radical (unpaired) electrons. The molecule has 3 atom stereocenters. The number of aliphatic hydroxyl groups excluding tert-OH is 1. The van der Waals surface area contributed by atoms with Crippen LogP contribution in [-0.2, 0) is 73.4 Å². The Hall–Kier alpha value is -13.7. The summed E-state index contributed by atoms with van der Waals surface area (Å²) in [5.74, 6) is -6.15. The van der Waals surface area contributed by atoms with E-state index in [2.05, 4.69) is 26.3 Å². The third kappa shape index (κ3) is 17.2. The second-order valence-electron chi connectivity index (χ2n) is 30.7. The van der Waals surface area contributed by atoms with Crippen molar-refractivity contribution in [3.63, 3.8) is 0 Å². The van der Waals surface area contributed by atoms with Crippen LogP contribution in [0.5, 0.6) is 46.0 Å². The number of benzene rings is 11. The van der Waals surface area contributed by atoms with Crippen LogP contribution < -0.4 is 28.7 Å². The third-order valence-corrected chi connectivity index (χ3v) is 21.2. The van der Waals surface area contributed by atoms with Gasteiger partial charge in [0.2, 0.25) is 5.91 Å². The lowest BCUT2D eigenvalue weighted by molar-refractivity contribution is -0.139. The van der Waals surface area contributed by atoms with Crippen LogP contribution >= 0.6 is 0 Å².